The fourth-order valence-electron chi connectivity index (χ4n) is 8.18. The van der Waals surface area contributed by atoms with Crippen molar-refractivity contribution in [1.82, 2.24) is 10.3 Å². The highest BCUT2D eigenvalue weighted by molar-refractivity contribution is 5.95. The molecule has 5 rings (SSSR count). The molecule has 214 valence electrons. The Morgan fingerprint density at radius 3 is 2.65 bits per heavy atom. The van der Waals surface area contributed by atoms with E-state index in [1.54, 1.807) is 24.4 Å². The number of rotatable bonds is 8. The van der Waals surface area contributed by atoms with Gasteiger partial charge in [0.15, 0.2) is 12.4 Å². The van der Waals surface area contributed by atoms with Crippen LogP contribution in [0.2, 0.25) is 0 Å². The van der Waals surface area contributed by atoms with Crippen LogP contribution in [-0.4, -0.2) is 51.5 Å². The number of ketones is 3. The van der Waals surface area contributed by atoms with Crippen LogP contribution in [0.1, 0.15) is 77.3 Å². The number of hydrogen-bond acceptors (Lipinski definition) is 8. The molecule has 0 saturated heterocycles. The Morgan fingerprint density at radius 2 is 1.90 bits per heavy atom. The maximum absolute atomic E-state index is 13.7. The summed E-state index contributed by atoms with van der Waals surface area (Å²) in [4.78, 5) is 67.7. The molecule has 0 spiro atoms. The lowest BCUT2D eigenvalue weighted by Gasteiger charge is -2.57. The zero-order chi connectivity index (χ0) is 28.7. The number of allylic oxidation sites excluding steroid dienone is 1. The van der Waals surface area contributed by atoms with Gasteiger partial charge in [-0.2, -0.15) is 0 Å². The average molecular weight is 551 g/mol. The molecule has 6 unspecified atom stereocenters. The molecule has 0 aromatic carbocycles. The minimum Gasteiger partial charge on any atom is -0.458 e. The van der Waals surface area contributed by atoms with Crippen LogP contribution in [-0.2, 0) is 35.3 Å². The van der Waals surface area contributed by atoms with Crippen molar-refractivity contribution in [3.8, 4) is 0 Å². The number of pyridine rings is 1. The van der Waals surface area contributed by atoms with Gasteiger partial charge in [-0.15, -0.1) is 0 Å². The molecule has 3 fully saturated rings. The van der Waals surface area contributed by atoms with Crippen LogP contribution < -0.4 is 5.32 Å². The molecular formula is C31H38N2O7. The first-order chi connectivity index (χ1) is 19.0. The monoisotopic (exact) mass is 550 g/mol. The van der Waals surface area contributed by atoms with E-state index >= 15 is 0 Å². The van der Waals surface area contributed by atoms with Crippen molar-refractivity contribution in [1.29, 1.82) is 0 Å². The highest BCUT2D eigenvalue weighted by atomic mass is 16.5. The molecule has 0 radical (unpaired) electrons. The molecule has 1 heterocycles. The Hall–Kier alpha value is -3.20. The fourth-order valence-corrected chi connectivity index (χ4v) is 8.18. The van der Waals surface area contributed by atoms with Crippen molar-refractivity contribution in [2.24, 2.45) is 28.6 Å². The lowest BCUT2D eigenvalue weighted by molar-refractivity contribution is -0.173. The summed E-state index contributed by atoms with van der Waals surface area (Å²) in [6.45, 7) is 3.59. The van der Waals surface area contributed by atoms with Crippen molar-refractivity contribution < 1.29 is 33.8 Å². The summed E-state index contributed by atoms with van der Waals surface area (Å²) >= 11 is 0. The molecule has 9 nitrogen and oxygen atoms in total. The predicted octanol–water partition coefficient (Wildman–Crippen LogP) is 3.03. The van der Waals surface area contributed by atoms with Crippen molar-refractivity contribution in [2.75, 3.05) is 6.61 Å². The molecule has 1 amide bonds. The second kappa shape index (κ2) is 10.7. The van der Waals surface area contributed by atoms with Crippen molar-refractivity contribution in [3.05, 3.63) is 41.7 Å². The molecule has 1 aromatic heterocycles. The summed E-state index contributed by atoms with van der Waals surface area (Å²) in [7, 11) is 0. The largest absolute Gasteiger partial charge is 0.458 e. The number of hydrogen-bond donors (Lipinski definition) is 2. The second-order valence-corrected chi connectivity index (χ2v) is 12.5. The number of Topliss-reactive ketones (excluding diaryl/α,β-unsaturated/α-hetero) is 2. The average Bonchev–Trinajstić information content (AvgIpc) is 3.20. The Morgan fingerprint density at radius 1 is 1.10 bits per heavy atom. The number of nitrogens with zero attached hydrogens (tertiary/aromatic N) is 1. The van der Waals surface area contributed by atoms with E-state index in [0.717, 1.165) is 18.4 Å². The molecular weight excluding hydrogens is 512 g/mol. The SMILES string of the molecule is CC12CCC(=O)C=C1CCC1C2C(=O)CC2(C)C1CCC2(O)C(=O)COC(=O)CCC(=O)NCc1ccccn1. The van der Waals surface area contributed by atoms with Gasteiger partial charge in [0.05, 0.1) is 18.7 Å². The van der Waals surface area contributed by atoms with E-state index in [1.807, 2.05) is 13.0 Å². The summed E-state index contributed by atoms with van der Waals surface area (Å²) in [5.41, 5.74) is -1.29. The van der Waals surface area contributed by atoms with Crippen molar-refractivity contribution >= 4 is 29.2 Å². The molecule has 6 atom stereocenters. The number of ether oxygens (including phenoxy) is 1. The van der Waals surface area contributed by atoms with Gasteiger partial charge in [0.2, 0.25) is 11.7 Å². The lowest BCUT2D eigenvalue weighted by Crippen LogP contribution is -2.61. The van der Waals surface area contributed by atoms with Gasteiger partial charge in [-0.05, 0) is 67.6 Å². The van der Waals surface area contributed by atoms with E-state index in [0.29, 0.717) is 25.0 Å². The Labute approximate surface area is 234 Å². The van der Waals surface area contributed by atoms with Gasteiger partial charge >= 0.3 is 5.97 Å². The van der Waals surface area contributed by atoms with Crippen LogP contribution in [0.5, 0.6) is 0 Å². The number of fused-ring (bicyclic) bond motifs is 5. The molecule has 2 N–H and O–H groups in total. The number of aromatic nitrogens is 1. The molecule has 9 heteroatoms. The van der Waals surface area contributed by atoms with Crippen molar-refractivity contribution in [3.63, 3.8) is 0 Å². The molecule has 4 aliphatic rings. The topological polar surface area (TPSA) is 140 Å². The number of carbonyl (C=O) groups is 5. The van der Waals surface area contributed by atoms with Gasteiger partial charge in [-0.25, -0.2) is 0 Å². The summed E-state index contributed by atoms with van der Waals surface area (Å²) < 4.78 is 5.18. The standard InChI is InChI=1S/C31H38N2O7/c1-29-12-10-21(34)15-19(29)6-7-22-23-11-13-31(39,30(23,2)16-24(35)28(22)29)25(36)18-40-27(38)9-8-26(37)33-17-20-5-3-4-14-32-20/h3-5,14-15,22-23,28,39H,6-13,16-18H2,1-2H3,(H,33,37). The third kappa shape index (κ3) is 4.82. The normalized spacial score (nSPS) is 34.7. The number of aliphatic hydroxyl groups is 1. The molecule has 3 saturated carbocycles. The first-order valence-corrected chi connectivity index (χ1v) is 14.3. The number of esters is 1. The summed E-state index contributed by atoms with van der Waals surface area (Å²) in [5, 5.41) is 14.4. The molecule has 1 aromatic rings. The summed E-state index contributed by atoms with van der Waals surface area (Å²) in [6, 6.07) is 5.37. The number of carbonyl (C=O) groups excluding carboxylic acids is 5. The van der Waals surface area contributed by atoms with E-state index in [4.69, 9.17) is 4.74 Å². The van der Waals surface area contributed by atoms with Crippen LogP contribution in [0, 0.1) is 28.6 Å². The van der Waals surface area contributed by atoms with E-state index in [9.17, 15) is 29.1 Å². The number of nitrogens with one attached hydrogen (secondary N) is 1. The van der Waals surface area contributed by atoms with Gasteiger partial charge in [0.1, 0.15) is 11.4 Å². The Balaban J connectivity index is 1.18. The fraction of sp³-hybridized carbons (Fsp3) is 0.613. The van der Waals surface area contributed by atoms with Gasteiger partial charge in [-0.3, -0.25) is 29.0 Å². The maximum Gasteiger partial charge on any atom is 0.306 e. The van der Waals surface area contributed by atoms with Crippen LogP contribution in [0.3, 0.4) is 0 Å². The molecule has 0 bridgehead atoms. The summed E-state index contributed by atoms with van der Waals surface area (Å²) in [6.07, 6.45) is 6.61. The van der Waals surface area contributed by atoms with Crippen molar-refractivity contribution in [2.45, 2.75) is 83.8 Å². The van der Waals surface area contributed by atoms with Gasteiger partial charge in [-0.1, -0.05) is 25.5 Å². The second-order valence-electron chi connectivity index (χ2n) is 12.5. The number of amides is 1. The highest BCUT2D eigenvalue weighted by Crippen LogP contribution is 2.66. The van der Waals surface area contributed by atoms with Crippen LogP contribution in [0.25, 0.3) is 0 Å². The molecule has 4 aliphatic carbocycles. The molecule has 0 aliphatic heterocycles. The zero-order valence-corrected chi connectivity index (χ0v) is 23.2. The van der Waals surface area contributed by atoms with E-state index in [2.05, 4.69) is 17.2 Å². The van der Waals surface area contributed by atoms with Crippen LogP contribution in [0.4, 0.5) is 0 Å². The maximum atomic E-state index is 13.7. The third-order valence-corrected chi connectivity index (χ3v) is 10.4. The zero-order valence-electron chi connectivity index (χ0n) is 23.2. The van der Waals surface area contributed by atoms with Crippen LogP contribution in [0.15, 0.2) is 36.0 Å². The van der Waals surface area contributed by atoms with Gasteiger partial charge < -0.3 is 15.2 Å². The van der Waals surface area contributed by atoms with E-state index in [-0.39, 0.29) is 72.9 Å². The first kappa shape index (κ1) is 28.3. The quantitative estimate of drug-likeness (QED) is 0.471. The molecule has 40 heavy (non-hydrogen) atoms. The Bertz CT molecular complexity index is 1260. The lowest BCUT2D eigenvalue weighted by atomic mass is 9.46. The minimum atomic E-state index is -1.77. The predicted molar refractivity (Wildman–Crippen MR) is 143 cm³/mol. The minimum absolute atomic E-state index is 0.0151. The highest BCUT2D eigenvalue weighted by Gasteiger charge is 2.68. The van der Waals surface area contributed by atoms with Gasteiger partial charge in [0.25, 0.3) is 0 Å². The summed E-state index contributed by atoms with van der Waals surface area (Å²) in [5.74, 6) is -1.64. The van der Waals surface area contributed by atoms with E-state index < -0.39 is 29.4 Å². The third-order valence-electron chi connectivity index (χ3n) is 10.4. The van der Waals surface area contributed by atoms with E-state index in [1.165, 1.54) is 0 Å². The smallest absolute Gasteiger partial charge is 0.306 e. The first-order valence-electron chi connectivity index (χ1n) is 14.3. The van der Waals surface area contributed by atoms with Crippen LogP contribution >= 0.6 is 0 Å². The van der Waals surface area contributed by atoms with Gasteiger partial charge in [0, 0.05) is 36.8 Å². The Kier molecular flexibility index (Phi) is 7.54.